The molecular weight excluding hydrogens is 630 g/mol. The first kappa shape index (κ1) is 31.2. The molecule has 0 radical (unpaired) electrons. The van der Waals surface area contributed by atoms with Crippen LogP contribution in [0.25, 0.3) is 0 Å². The number of likely N-dealkylation sites (N-methyl/N-ethyl adjacent to an activating group) is 2. The molecule has 0 aromatic rings. The van der Waals surface area contributed by atoms with E-state index in [9.17, 15) is 9.59 Å². The molecule has 0 aromatic carbocycles. The Balaban J connectivity index is 0.00000450. The fourth-order valence-corrected chi connectivity index (χ4v) is 3.63. The standard InChI is InChI=1S/C21H40N2O6.2HI/c1-22(10-16-26-17-11-22)8-6-20(24)28-14-4-3-5-15-29-21(25)7-9-23(2)12-18-27-19-13-23;;/h3-19H2,1-2H3;2*1H/q+2;;/p-2. The van der Waals surface area contributed by atoms with E-state index >= 15 is 0 Å². The predicted molar refractivity (Wildman–Crippen MR) is 108 cm³/mol. The number of carbonyl (C=O) groups excluding carboxylic acids is 2. The zero-order valence-corrected chi connectivity index (χ0v) is 23.4. The van der Waals surface area contributed by atoms with E-state index in [0.717, 1.165) is 93.9 Å². The lowest BCUT2D eigenvalue weighted by Crippen LogP contribution is -3.00. The summed E-state index contributed by atoms with van der Waals surface area (Å²) in [6.45, 7) is 9.40. The average Bonchev–Trinajstić information content (AvgIpc) is 2.71. The second-order valence-corrected chi connectivity index (χ2v) is 8.81. The van der Waals surface area contributed by atoms with Crippen molar-refractivity contribution < 1.29 is 85.5 Å². The van der Waals surface area contributed by atoms with Gasteiger partial charge in [-0.1, -0.05) is 0 Å². The van der Waals surface area contributed by atoms with Gasteiger partial charge in [-0.15, -0.1) is 0 Å². The summed E-state index contributed by atoms with van der Waals surface area (Å²) in [6, 6.07) is 0. The van der Waals surface area contributed by atoms with Gasteiger partial charge < -0.3 is 75.9 Å². The van der Waals surface area contributed by atoms with Crippen LogP contribution in [0.1, 0.15) is 32.1 Å². The number of nitrogens with zero attached hydrogens (tertiary/aromatic N) is 2. The molecule has 0 spiro atoms. The molecule has 2 aliphatic heterocycles. The summed E-state index contributed by atoms with van der Waals surface area (Å²) in [4.78, 5) is 23.8. The number of hydrogen-bond acceptors (Lipinski definition) is 6. The van der Waals surface area contributed by atoms with E-state index in [1.54, 1.807) is 0 Å². The number of unbranched alkanes of at least 4 members (excludes halogenated alkanes) is 2. The van der Waals surface area contributed by atoms with Crippen molar-refractivity contribution in [3.05, 3.63) is 0 Å². The number of hydrogen-bond donors (Lipinski definition) is 0. The smallest absolute Gasteiger partial charge is 0.311 e. The molecule has 2 fully saturated rings. The lowest BCUT2D eigenvalue weighted by molar-refractivity contribution is -0.916. The van der Waals surface area contributed by atoms with E-state index in [4.69, 9.17) is 18.9 Å². The molecule has 0 amide bonds. The van der Waals surface area contributed by atoms with Crippen LogP contribution in [-0.2, 0) is 28.5 Å². The maximum atomic E-state index is 11.9. The van der Waals surface area contributed by atoms with Gasteiger partial charge in [0.25, 0.3) is 0 Å². The maximum absolute atomic E-state index is 11.9. The summed E-state index contributed by atoms with van der Waals surface area (Å²) in [5, 5.41) is 0. The molecular formula is C21H40I2N2O6. The van der Waals surface area contributed by atoms with Crippen molar-refractivity contribution in [1.82, 2.24) is 0 Å². The Morgan fingerprint density at radius 1 is 0.677 bits per heavy atom. The highest BCUT2D eigenvalue weighted by molar-refractivity contribution is 5.69. The van der Waals surface area contributed by atoms with Crippen LogP contribution in [0.2, 0.25) is 0 Å². The molecule has 10 heteroatoms. The summed E-state index contributed by atoms with van der Waals surface area (Å²) in [7, 11) is 4.33. The lowest BCUT2D eigenvalue weighted by atomic mass is 10.2. The van der Waals surface area contributed by atoms with Gasteiger partial charge in [0, 0.05) is 0 Å². The second-order valence-electron chi connectivity index (χ2n) is 8.81. The zero-order valence-electron chi connectivity index (χ0n) is 19.1. The number of carbonyl (C=O) groups is 2. The summed E-state index contributed by atoms with van der Waals surface area (Å²) in [5.41, 5.74) is 0. The molecule has 2 heterocycles. The van der Waals surface area contributed by atoms with E-state index in [1.807, 2.05) is 0 Å². The van der Waals surface area contributed by atoms with Gasteiger partial charge in [0.2, 0.25) is 0 Å². The Bertz CT molecular complexity index is 468. The van der Waals surface area contributed by atoms with Crippen molar-refractivity contribution >= 4 is 11.9 Å². The number of ether oxygens (including phenoxy) is 4. The van der Waals surface area contributed by atoms with Gasteiger partial charge in [0.15, 0.2) is 0 Å². The van der Waals surface area contributed by atoms with Crippen molar-refractivity contribution in [2.75, 3.05) is 93.0 Å². The zero-order chi connectivity index (χ0) is 21.0. The van der Waals surface area contributed by atoms with Crippen LogP contribution in [0.4, 0.5) is 0 Å². The highest BCUT2D eigenvalue weighted by atomic mass is 127. The van der Waals surface area contributed by atoms with E-state index in [2.05, 4.69) is 14.1 Å². The molecule has 0 saturated carbocycles. The Morgan fingerprint density at radius 3 is 1.39 bits per heavy atom. The van der Waals surface area contributed by atoms with Crippen LogP contribution >= 0.6 is 0 Å². The Labute approximate surface area is 221 Å². The number of morpholine rings is 2. The predicted octanol–water partition coefficient (Wildman–Crippen LogP) is -5.02. The van der Waals surface area contributed by atoms with Crippen molar-refractivity contribution in [3.63, 3.8) is 0 Å². The number of rotatable bonds is 12. The molecule has 31 heavy (non-hydrogen) atoms. The van der Waals surface area contributed by atoms with Crippen molar-refractivity contribution in [1.29, 1.82) is 0 Å². The average molecular weight is 670 g/mol. The molecule has 0 aromatic heterocycles. The highest BCUT2D eigenvalue weighted by Crippen LogP contribution is 2.10. The molecule has 2 aliphatic rings. The van der Waals surface area contributed by atoms with Gasteiger partial charge in [0.1, 0.15) is 26.2 Å². The Kier molecular flexibility index (Phi) is 16.9. The van der Waals surface area contributed by atoms with E-state index in [0.29, 0.717) is 26.1 Å². The summed E-state index contributed by atoms with van der Waals surface area (Å²) in [5.74, 6) is -0.246. The Morgan fingerprint density at radius 2 is 1.03 bits per heavy atom. The molecule has 2 saturated heterocycles. The van der Waals surface area contributed by atoms with Gasteiger partial charge in [-0.25, -0.2) is 0 Å². The van der Waals surface area contributed by atoms with Crippen LogP contribution in [0.3, 0.4) is 0 Å². The van der Waals surface area contributed by atoms with Gasteiger partial charge in [-0.3, -0.25) is 9.59 Å². The van der Waals surface area contributed by atoms with Crippen LogP contribution in [0.15, 0.2) is 0 Å². The number of halogens is 2. The monoisotopic (exact) mass is 670 g/mol. The first-order valence-electron chi connectivity index (χ1n) is 11.0. The van der Waals surface area contributed by atoms with Crippen LogP contribution in [-0.4, -0.2) is 114 Å². The topological polar surface area (TPSA) is 71.1 Å². The van der Waals surface area contributed by atoms with Gasteiger partial charge in [0.05, 0.1) is 79.7 Å². The third-order valence-electron chi connectivity index (χ3n) is 6.13. The van der Waals surface area contributed by atoms with Crippen molar-refractivity contribution in [3.8, 4) is 0 Å². The normalized spacial score (nSPS) is 19.4. The summed E-state index contributed by atoms with van der Waals surface area (Å²) in [6.07, 6.45) is 3.41. The van der Waals surface area contributed by atoms with Gasteiger partial charge >= 0.3 is 11.9 Å². The molecule has 184 valence electrons. The SMILES string of the molecule is C[N+]1(CCC(=O)OCCCCCOC(=O)CC[N+]2(C)CCOCC2)CCOCC1.[I-].[I-]. The summed E-state index contributed by atoms with van der Waals surface area (Å²) >= 11 is 0. The van der Waals surface area contributed by atoms with Gasteiger partial charge in [-0.05, 0) is 19.3 Å². The third kappa shape index (κ3) is 13.5. The first-order valence-corrected chi connectivity index (χ1v) is 11.0. The molecule has 2 rings (SSSR count). The van der Waals surface area contributed by atoms with Crippen LogP contribution < -0.4 is 48.0 Å². The van der Waals surface area contributed by atoms with Crippen LogP contribution in [0, 0.1) is 0 Å². The molecule has 0 N–H and O–H groups in total. The largest absolute Gasteiger partial charge is 1.00 e. The van der Waals surface area contributed by atoms with Crippen molar-refractivity contribution in [2.45, 2.75) is 32.1 Å². The fourth-order valence-electron chi connectivity index (χ4n) is 3.63. The minimum absolute atomic E-state index is 0. The molecule has 0 atom stereocenters. The van der Waals surface area contributed by atoms with E-state index in [1.165, 1.54) is 0 Å². The fraction of sp³-hybridized carbons (Fsp3) is 0.905. The molecule has 0 aliphatic carbocycles. The van der Waals surface area contributed by atoms with E-state index < -0.39 is 0 Å². The minimum Gasteiger partial charge on any atom is -1.00 e. The van der Waals surface area contributed by atoms with E-state index in [-0.39, 0.29) is 59.9 Å². The molecule has 8 nitrogen and oxygen atoms in total. The number of esters is 2. The quantitative estimate of drug-likeness (QED) is 0.0898. The van der Waals surface area contributed by atoms with Crippen LogP contribution in [0.5, 0.6) is 0 Å². The van der Waals surface area contributed by atoms with Gasteiger partial charge in [-0.2, -0.15) is 0 Å². The Hall–Kier alpha value is 0.240. The number of quaternary nitrogens is 2. The lowest BCUT2D eigenvalue weighted by Gasteiger charge is -2.37. The minimum atomic E-state index is -0.123. The highest BCUT2D eigenvalue weighted by Gasteiger charge is 2.27. The third-order valence-corrected chi connectivity index (χ3v) is 6.13. The molecule has 0 unspecified atom stereocenters. The van der Waals surface area contributed by atoms with Crippen molar-refractivity contribution in [2.24, 2.45) is 0 Å². The maximum Gasteiger partial charge on any atom is 0.311 e. The molecule has 0 bridgehead atoms. The second kappa shape index (κ2) is 16.8. The first-order chi connectivity index (χ1) is 13.9. The summed E-state index contributed by atoms with van der Waals surface area (Å²) < 4.78 is 23.2.